The summed E-state index contributed by atoms with van der Waals surface area (Å²) < 4.78 is 0. The van der Waals surface area contributed by atoms with Gasteiger partial charge in [0.05, 0.1) is 5.46 Å². The Morgan fingerprint density at radius 2 is 1.90 bits per heavy atom. The van der Waals surface area contributed by atoms with Crippen molar-refractivity contribution < 1.29 is 5.02 Å². The number of diazo groups is 1. The lowest BCUT2D eigenvalue weighted by Gasteiger charge is -1.83. The van der Waals surface area contributed by atoms with E-state index in [-0.39, 0.29) is 0 Å². The molecule has 1 rings (SSSR count). The van der Waals surface area contributed by atoms with Crippen molar-refractivity contribution in [3.63, 3.8) is 0 Å². The standard InChI is InChI=1S/C6H6BN2O/c8-9-7(10)6-4-2-1-3-5-6/h1-5,10H/q+1. The molecule has 0 bridgehead atoms. The molecular formula is C6H6BN2O+. The van der Waals surface area contributed by atoms with Crippen LogP contribution in [0.3, 0.4) is 0 Å². The van der Waals surface area contributed by atoms with Crippen molar-refractivity contribution in [1.29, 1.82) is 5.39 Å². The molecule has 0 fully saturated rings. The highest BCUT2D eigenvalue weighted by Gasteiger charge is 2.34. The van der Waals surface area contributed by atoms with E-state index < -0.39 is 7.05 Å². The summed E-state index contributed by atoms with van der Waals surface area (Å²) in [5.41, 5.74) is 0.588. The van der Waals surface area contributed by atoms with E-state index in [2.05, 4.69) is 4.89 Å². The fraction of sp³-hybridized carbons (Fsp3) is 0. The van der Waals surface area contributed by atoms with Gasteiger partial charge in [-0.15, -0.1) is 0 Å². The summed E-state index contributed by atoms with van der Waals surface area (Å²) in [6.45, 7) is 0. The van der Waals surface area contributed by atoms with E-state index in [0.29, 0.717) is 5.46 Å². The number of rotatable bonds is 1. The van der Waals surface area contributed by atoms with Gasteiger partial charge in [0.25, 0.3) is 0 Å². The molecule has 48 valence electrons. The topological polar surface area (TPSA) is 48.4 Å². The van der Waals surface area contributed by atoms with Gasteiger partial charge < -0.3 is 5.02 Å². The van der Waals surface area contributed by atoms with Crippen molar-refractivity contribution in [3.8, 4) is 0 Å². The van der Waals surface area contributed by atoms with E-state index >= 15 is 0 Å². The zero-order valence-corrected chi connectivity index (χ0v) is 5.31. The predicted octanol–water partition coefficient (Wildman–Crippen LogP) is 0.227. The molecule has 0 saturated heterocycles. The molecule has 0 aromatic heterocycles. The Bertz CT molecular complexity index is 244. The van der Waals surface area contributed by atoms with Crippen LogP contribution < -0.4 is 5.46 Å². The van der Waals surface area contributed by atoms with Crippen molar-refractivity contribution in [2.45, 2.75) is 0 Å². The van der Waals surface area contributed by atoms with E-state index in [4.69, 9.17) is 10.4 Å². The van der Waals surface area contributed by atoms with Crippen LogP contribution in [0, 0.1) is 5.39 Å². The molecule has 10 heavy (non-hydrogen) atoms. The number of benzene rings is 1. The largest absolute Gasteiger partial charge is 0.884 e. The monoisotopic (exact) mass is 133 g/mol. The molecule has 4 heteroatoms. The van der Waals surface area contributed by atoms with E-state index in [1.807, 2.05) is 6.07 Å². The quantitative estimate of drug-likeness (QED) is 0.440. The summed E-state index contributed by atoms with van der Waals surface area (Å²) in [5, 5.41) is 17.1. The van der Waals surface area contributed by atoms with Gasteiger partial charge in [-0.3, -0.25) is 0 Å². The summed E-state index contributed by atoms with van der Waals surface area (Å²) in [7, 11) is -1.11. The lowest BCUT2D eigenvalue weighted by molar-refractivity contribution is 0.597. The highest BCUT2D eigenvalue weighted by molar-refractivity contribution is 6.68. The molecular weight excluding hydrogens is 127 g/mol. The second kappa shape index (κ2) is 2.99. The zero-order chi connectivity index (χ0) is 7.40. The van der Waals surface area contributed by atoms with Crippen LogP contribution in [0.1, 0.15) is 0 Å². The maximum atomic E-state index is 8.91. The minimum atomic E-state index is -1.11. The van der Waals surface area contributed by atoms with Gasteiger partial charge in [0, 0.05) is 4.89 Å². The normalized spacial score (nSPS) is 8.40. The highest BCUT2D eigenvalue weighted by Crippen LogP contribution is 1.85. The van der Waals surface area contributed by atoms with E-state index in [1.165, 1.54) is 0 Å². The van der Waals surface area contributed by atoms with Crippen molar-refractivity contribution in [2.24, 2.45) is 0 Å². The first-order valence-electron chi connectivity index (χ1n) is 2.92. The van der Waals surface area contributed by atoms with Gasteiger partial charge in [-0.2, -0.15) is 0 Å². The van der Waals surface area contributed by atoms with Gasteiger partial charge >= 0.3 is 7.05 Å². The summed E-state index contributed by atoms with van der Waals surface area (Å²) in [6, 6.07) is 8.73. The third-order valence-electron chi connectivity index (χ3n) is 1.21. The third kappa shape index (κ3) is 1.33. The number of hydrogen-bond acceptors (Lipinski definition) is 2. The van der Waals surface area contributed by atoms with Crippen LogP contribution in [-0.4, -0.2) is 12.1 Å². The molecule has 0 saturated carbocycles. The first-order valence-corrected chi connectivity index (χ1v) is 2.92. The van der Waals surface area contributed by atoms with Gasteiger partial charge in [-0.25, -0.2) is 0 Å². The fourth-order valence-electron chi connectivity index (χ4n) is 0.692. The molecule has 1 aromatic rings. The molecule has 0 unspecified atom stereocenters. The van der Waals surface area contributed by atoms with Crippen LogP contribution in [0.15, 0.2) is 30.3 Å². The molecule has 0 aliphatic carbocycles. The molecule has 3 nitrogen and oxygen atoms in total. The molecule has 0 radical (unpaired) electrons. The van der Waals surface area contributed by atoms with Gasteiger partial charge in [-0.1, -0.05) is 30.3 Å². The zero-order valence-electron chi connectivity index (χ0n) is 5.31. The molecule has 0 amide bonds. The van der Waals surface area contributed by atoms with Gasteiger partial charge in [0.15, 0.2) is 5.39 Å². The van der Waals surface area contributed by atoms with Gasteiger partial charge in [-0.05, 0) is 0 Å². The van der Waals surface area contributed by atoms with Crippen molar-refractivity contribution in [1.82, 2.24) is 0 Å². The minimum Gasteiger partial charge on any atom is -0.368 e. The fourth-order valence-corrected chi connectivity index (χ4v) is 0.692. The van der Waals surface area contributed by atoms with E-state index in [0.717, 1.165) is 0 Å². The molecule has 0 heterocycles. The van der Waals surface area contributed by atoms with Crippen LogP contribution in [0.4, 0.5) is 0 Å². The maximum Gasteiger partial charge on any atom is 0.884 e. The summed E-state index contributed by atoms with van der Waals surface area (Å²) in [5.74, 6) is 0. The summed E-state index contributed by atoms with van der Waals surface area (Å²) in [4.78, 5) is 2.71. The highest BCUT2D eigenvalue weighted by atomic mass is 16.2. The second-order valence-corrected chi connectivity index (χ2v) is 1.90. The maximum absolute atomic E-state index is 8.91. The Labute approximate surface area is 59.1 Å². The molecule has 0 atom stereocenters. The summed E-state index contributed by atoms with van der Waals surface area (Å²) >= 11 is 0. The third-order valence-corrected chi connectivity index (χ3v) is 1.21. The van der Waals surface area contributed by atoms with Crippen LogP contribution in [0.25, 0.3) is 4.89 Å². The van der Waals surface area contributed by atoms with E-state index in [9.17, 15) is 0 Å². The smallest absolute Gasteiger partial charge is 0.368 e. The Morgan fingerprint density at radius 3 is 2.40 bits per heavy atom. The lowest BCUT2D eigenvalue weighted by atomic mass is 9.76. The molecule has 0 aliphatic heterocycles. The van der Waals surface area contributed by atoms with E-state index in [1.54, 1.807) is 24.3 Å². The average Bonchev–Trinajstić information content (AvgIpc) is 2.05. The predicted molar refractivity (Wildman–Crippen MR) is 39.1 cm³/mol. The Balaban J connectivity index is 2.88. The molecule has 0 spiro atoms. The Kier molecular flexibility index (Phi) is 2.03. The van der Waals surface area contributed by atoms with Gasteiger partial charge in [0.2, 0.25) is 0 Å². The molecule has 1 aromatic carbocycles. The van der Waals surface area contributed by atoms with Crippen molar-refractivity contribution in [3.05, 3.63) is 35.2 Å². The Morgan fingerprint density at radius 1 is 1.30 bits per heavy atom. The first-order chi connectivity index (χ1) is 4.84. The molecule has 0 aliphatic rings. The first kappa shape index (κ1) is 6.78. The Hall–Kier alpha value is -1.34. The average molecular weight is 133 g/mol. The lowest BCUT2D eigenvalue weighted by Crippen LogP contribution is -2.25. The van der Waals surface area contributed by atoms with Crippen LogP contribution in [0.5, 0.6) is 0 Å². The second-order valence-electron chi connectivity index (χ2n) is 1.90. The SMILES string of the molecule is N#[N+]B(O)c1ccccc1. The van der Waals surface area contributed by atoms with Crippen molar-refractivity contribution in [2.75, 3.05) is 0 Å². The molecule has 1 N–H and O–H groups in total. The van der Waals surface area contributed by atoms with Gasteiger partial charge in [0.1, 0.15) is 0 Å². The van der Waals surface area contributed by atoms with Crippen LogP contribution in [-0.2, 0) is 0 Å². The van der Waals surface area contributed by atoms with Crippen LogP contribution >= 0.6 is 0 Å². The number of nitrogens with zero attached hydrogens (tertiary/aromatic N) is 2. The minimum absolute atomic E-state index is 0.588. The number of hydrogen-bond donors (Lipinski definition) is 1. The van der Waals surface area contributed by atoms with Crippen molar-refractivity contribution >= 4 is 12.5 Å². The van der Waals surface area contributed by atoms with Crippen LogP contribution in [0.2, 0.25) is 0 Å². The summed E-state index contributed by atoms with van der Waals surface area (Å²) in [6.07, 6.45) is 0.